The number of hydrogen-bond acceptors (Lipinski definition) is 4. The molecule has 0 bridgehead atoms. The van der Waals surface area contributed by atoms with Gasteiger partial charge in [0.2, 0.25) is 0 Å². The maximum Gasteiger partial charge on any atom is 0.300 e. The van der Waals surface area contributed by atoms with Crippen LogP contribution in [-0.4, -0.2) is 16.8 Å². The number of rotatable bonds is 3. The summed E-state index contributed by atoms with van der Waals surface area (Å²) in [4.78, 5) is 26.8. The van der Waals surface area contributed by atoms with Gasteiger partial charge in [-0.1, -0.05) is 12.1 Å². The average Bonchev–Trinajstić information content (AvgIpc) is 3.25. The third kappa shape index (κ3) is 3.42. The van der Waals surface area contributed by atoms with Gasteiger partial charge in [0.25, 0.3) is 11.7 Å². The first kappa shape index (κ1) is 20.5. The van der Waals surface area contributed by atoms with Gasteiger partial charge in [-0.05, 0) is 62.2 Å². The molecule has 5 nitrogen and oxygen atoms in total. The molecule has 1 amide bonds. The van der Waals surface area contributed by atoms with E-state index in [0.717, 1.165) is 28.2 Å². The van der Waals surface area contributed by atoms with Crippen molar-refractivity contribution >= 4 is 23.1 Å². The molecule has 1 saturated heterocycles. The van der Waals surface area contributed by atoms with E-state index in [2.05, 4.69) is 0 Å². The zero-order chi connectivity index (χ0) is 22.4. The van der Waals surface area contributed by atoms with Crippen LogP contribution in [0.4, 0.5) is 14.5 Å². The summed E-state index contributed by atoms with van der Waals surface area (Å²) in [6.07, 6.45) is 0. The molecule has 2 heterocycles. The van der Waals surface area contributed by atoms with Crippen LogP contribution >= 0.6 is 0 Å². The van der Waals surface area contributed by atoms with Gasteiger partial charge in [0.1, 0.15) is 35.0 Å². The number of anilines is 1. The summed E-state index contributed by atoms with van der Waals surface area (Å²) in [5, 5.41) is 11.0. The predicted octanol–water partition coefficient (Wildman–Crippen LogP) is 5.11. The Bertz CT molecular complexity index is 1260. The number of Topliss-reactive ketones (excluding diaryl/α,β-unsaturated/α-hetero) is 1. The van der Waals surface area contributed by atoms with E-state index < -0.39 is 35.1 Å². The molecule has 31 heavy (non-hydrogen) atoms. The molecule has 1 aromatic heterocycles. The Morgan fingerprint density at radius 1 is 0.968 bits per heavy atom. The Labute approximate surface area is 177 Å². The number of ketones is 1. The summed E-state index contributed by atoms with van der Waals surface area (Å²) < 4.78 is 33.7. The third-order valence-electron chi connectivity index (χ3n) is 5.42. The van der Waals surface area contributed by atoms with Crippen LogP contribution in [0.15, 0.2) is 58.5 Å². The van der Waals surface area contributed by atoms with E-state index >= 15 is 0 Å². The molecule has 1 aliphatic heterocycles. The molecule has 1 N–H and O–H groups in total. The highest BCUT2D eigenvalue weighted by atomic mass is 19.1. The molecule has 0 spiro atoms. The number of aliphatic hydroxyl groups is 1. The molecule has 3 aromatic rings. The van der Waals surface area contributed by atoms with Crippen LogP contribution < -0.4 is 4.90 Å². The quantitative estimate of drug-likeness (QED) is 0.361. The van der Waals surface area contributed by atoms with Gasteiger partial charge in [0.05, 0.1) is 11.3 Å². The molecule has 1 atom stereocenters. The molecular formula is C24H19F2NO4. The Balaban J connectivity index is 1.96. The predicted molar refractivity (Wildman–Crippen MR) is 111 cm³/mol. The topological polar surface area (TPSA) is 70.8 Å². The van der Waals surface area contributed by atoms with Crippen molar-refractivity contribution in [1.82, 2.24) is 0 Å². The largest absolute Gasteiger partial charge is 0.507 e. The molecule has 158 valence electrons. The summed E-state index contributed by atoms with van der Waals surface area (Å²) in [6, 6.07) is 9.78. The molecule has 0 saturated carbocycles. The van der Waals surface area contributed by atoms with Crippen LogP contribution in [-0.2, 0) is 9.59 Å². The van der Waals surface area contributed by atoms with E-state index in [1.807, 2.05) is 13.8 Å². The van der Waals surface area contributed by atoms with E-state index in [-0.39, 0.29) is 17.0 Å². The fourth-order valence-corrected chi connectivity index (χ4v) is 3.67. The van der Waals surface area contributed by atoms with Crippen LogP contribution in [0.25, 0.3) is 5.76 Å². The zero-order valence-electron chi connectivity index (χ0n) is 17.1. The molecule has 0 radical (unpaired) electrons. The Morgan fingerprint density at radius 2 is 1.71 bits per heavy atom. The summed E-state index contributed by atoms with van der Waals surface area (Å²) >= 11 is 0. The monoisotopic (exact) mass is 423 g/mol. The maximum atomic E-state index is 14.6. The number of benzene rings is 2. The minimum Gasteiger partial charge on any atom is -0.507 e. The zero-order valence-corrected chi connectivity index (χ0v) is 17.1. The van der Waals surface area contributed by atoms with E-state index in [1.54, 1.807) is 37.3 Å². The molecule has 2 aromatic carbocycles. The number of carbonyl (C=O) groups is 2. The summed E-state index contributed by atoms with van der Waals surface area (Å²) in [5.41, 5.74) is 1.69. The number of furan rings is 1. The molecule has 7 heteroatoms. The number of hydrogen-bond donors (Lipinski definition) is 1. The van der Waals surface area contributed by atoms with Crippen molar-refractivity contribution in [3.63, 3.8) is 0 Å². The van der Waals surface area contributed by atoms with Gasteiger partial charge in [-0.2, -0.15) is 0 Å². The molecule has 1 aliphatic rings. The highest BCUT2D eigenvalue weighted by molar-refractivity contribution is 6.51. The van der Waals surface area contributed by atoms with Crippen LogP contribution in [0.2, 0.25) is 0 Å². The standard InChI is InChI=1S/C24H19F2NO4/c1-12-4-6-15(10-13(12)2)22(28)20-21(19-9-5-14(3)31-19)27(24(30)23(20)29)18-8-7-16(25)11-17(18)26/h4-11,21,28H,1-3H3/b22-20-. The lowest BCUT2D eigenvalue weighted by Gasteiger charge is -2.23. The maximum absolute atomic E-state index is 14.6. The van der Waals surface area contributed by atoms with Gasteiger partial charge in [0.15, 0.2) is 0 Å². The SMILES string of the molecule is Cc1ccc(C2/C(=C(/O)c3ccc(C)c(C)c3)C(=O)C(=O)N2c2ccc(F)cc2F)o1. The normalized spacial score (nSPS) is 18.1. The number of halogens is 2. The smallest absolute Gasteiger partial charge is 0.300 e. The Morgan fingerprint density at radius 3 is 2.32 bits per heavy atom. The van der Waals surface area contributed by atoms with E-state index in [9.17, 15) is 23.5 Å². The van der Waals surface area contributed by atoms with Gasteiger partial charge in [-0.3, -0.25) is 14.5 Å². The lowest BCUT2D eigenvalue weighted by molar-refractivity contribution is -0.132. The Hall–Kier alpha value is -3.74. The van der Waals surface area contributed by atoms with Gasteiger partial charge in [-0.25, -0.2) is 8.78 Å². The number of carbonyl (C=O) groups excluding carboxylic acids is 2. The number of amides is 1. The van der Waals surface area contributed by atoms with Crippen molar-refractivity contribution in [2.24, 2.45) is 0 Å². The van der Waals surface area contributed by atoms with Crippen molar-refractivity contribution in [2.75, 3.05) is 4.90 Å². The molecule has 4 rings (SSSR count). The van der Waals surface area contributed by atoms with E-state index in [4.69, 9.17) is 4.42 Å². The Kier molecular flexibility index (Phi) is 4.97. The average molecular weight is 423 g/mol. The lowest BCUT2D eigenvalue weighted by Crippen LogP contribution is -2.30. The first-order valence-corrected chi connectivity index (χ1v) is 9.59. The highest BCUT2D eigenvalue weighted by Gasteiger charge is 2.49. The highest BCUT2D eigenvalue weighted by Crippen LogP contribution is 2.43. The van der Waals surface area contributed by atoms with Crippen molar-refractivity contribution in [3.8, 4) is 0 Å². The second-order valence-electron chi connectivity index (χ2n) is 7.51. The van der Waals surface area contributed by atoms with Gasteiger partial charge >= 0.3 is 0 Å². The van der Waals surface area contributed by atoms with Crippen LogP contribution in [0, 0.1) is 32.4 Å². The van der Waals surface area contributed by atoms with Crippen molar-refractivity contribution < 1.29 is 27.9 Å². The van der Waals surface area contributed by atoms with Gasteiger partial charge in [-0.15, -0.1) is 0 Å². The van der Waals surface area contributed by atoms with Gasteiger partial charge in [0, 0.05) is 11.6 Å². The lowest BCUT2D eigenvalue weighted by atomic mass is 9.97. The molecule has 1 fully saturated rings. The molecule has 1 unspecified atom stereocenters. The van der Waals surface area contributed by atoms with E-state index in [0.29, 0.717) is 17.4 Å². The number of nitrogens with zero attached hydrogens (tertiary/aromatic N) is 1. The minimum atomic E-state index is -1.21. The minimum absolute atomic E-state index is 0.172. The first-order valence-electron chi connectivity index (χ1n) is 9.59. The van der Waals surface area contributed by atoms with Crippen molar-refractivity contribution in [2.45, 2.75) is 26.8 Å². The first-order chi connectivity index (χ1) is 14.7. The summed E-state index contributed by atoms with van der Waals surface area (Å²) in [6.45, 7) is 5.44. The molecular weight excluding hydrogens is 404 g/mol. The van der Waals surface area contributed by atoms with E-state index in [1.165, 1.54) is 0 Å². The number of aryl methyl sites for hydroxylation is 3. The van der Waals surface area contributed by atoms with Gasteiger partial charge < -0.3 is 9.52 Å². The second-order valence-corrected chi connectivity index (χ2v) is 7.51. The van der Waals surface area contributed by atoms with Crippen molar-refractivity contribution in [3.05, 3.63) is 93.9 Å². The molecule has 0 aliphatic carbocycles. The fraction of sp³-hybridized carbons (Fsp3) is 0.167. The number of aliphatic hydroxyl groups excluding tert-OH is 1. The third-order valence-corrected chi connectivity index (χ3v) is 5.42. The van der Waals surface area contributed by atoms with Crippen LogP contribution in [0.3, 0.4) is 0 Å². The summed E-state index contributed by atoms with van der Waals surface area (Å²) in [5.74, 6) is -3.59. The van der Waals surface area contributed by atoms with Crippen LogP contribution in [0.1, 0.15) is 34.3 Å². The summed E-state index contributed by atoms with van der Waals surface area (Å²) in [7, 11) is 0. The van der Waals surface area contributed by atoms with Crippen molar-refractivity contribution in [1.29, 1.82) is 0 Å². The fourth-order valence-electron chi connectivity index (χ4n) is 3.67. The second kappa shape index (κ2) is 7.50. The van der Waals surface area contributed by atoms with Crippen LogP contribution in [0.5, 0.6) is 0 Å².